The first-order valence-corrected chi connectivity index (χ1v) is 7.86. The Hall–Kier alpha value is -1.77. The van der Waals surface area contributed by atoms with Crippen LogP contribution in [0.3, 0.4) is 0 Å². The van der Waals surface area contributed by atoms with Crippen LogP contribution in [0.5, 0.6) is 0 Å². The van der Waals surface area contributed by atoms with Gasteiger partial charge >= 0.3 is 5.97 Å². The topological polar surface area (TPSA) is 40.5 Å². The number of aryl methyl sites for hydroxylation is 1. The molecular weight excluding hydrogens is 262 g/mol. The maximum absolute atomic E-state index is 10.6. The average Bonchev–Trinajstić information content (AvgIpc) is 2.70. The maximum Gasteiger partial charge on any atom is 0.328 e. The summed E-state index contributed by atoms with van der Waals surface area (Å²) >= 11 is 0. The van der Waals surface area contributed by atoms with E-state index in [1.165, 1.54) is 43.0 Å². The molecule has 1 atom stereocenters. The summed E-state index contributed by atoms with van der Waals surface area (Å²) in [6, 6.07) is 6.20. The zero-order valence-corrected chi connectivity index (χ0v) is 13.0. The third kappa shape index (κ3) is 4.35. The van der Waals surface area contributed by atoms with Crippen LogP contribution < -0.4 is 4.90 Å². The standard InChI is InChI=1S/C18H25NO2/c1-3-15-5-4-11-19(12-10-15)17-8-6-16(13-14(17)2)7-9-18(20)21/h6-9,13,15H,3-5,10-12H2,1-2H3,(H,20,21). The molecule has 3 heteroatoms. The van der Waals surface area contributed by atoms with E-state index in [0.717, 1.165) is 24.6 Å². The van der Waals surface area contributed by atoms with Crippen LogP contribution in [0, 0.1) is 12.8 Å². The van der Waals surface area contributed by atoms with Gasteiger partial charge in [0.05, 0.1) is 0 Å². The normalized spacial score (nSPS) is 19.7. The summed E-state index contributed by atoms with van der Waals surface area (Å²) in [6.45, 7) is 6.65. The number of hydrogen-bond donors (Lipinski definition) is 1. The van der Waals surface area contributed by atoms with Crippen molar-refractivity contribution < 1.29 is 9.90 Å². The number of rotatable bonds is 4. The van der Waals surface area contributed by atoms with Crippen LogP contribution >= 0.6 is 0 Å². The van der Waals surface area contributed by atoms with Gasteiger partial charge in [-0.2, -0.15) is 0 Å². The number of hydrogen-bond acceptors (Lipinski definition) is 2. The van der Waals surface area contributed by atoms with Gasteiger partial charge in [0, 0.05) is 24.9 Å². The first-order chi connectivity index (χ1) is 10.1. The van der Waals surface area contributed by atoms with Crippen LogP contribution in [0.25, 0.3) is 6.08 Å². The number of nitrogens with zero attached hydrogens (tertiary/aromatic N) is 1. The lowest BCUT2D eigenvalue weighted by atomic mass is 9.98. The number of carboxylic acids is 1. The minimum Gasteiger partial charge on any atom is -0.478 e. The summed E-state index contributed by atoms with van der Waals surface area (Å²) in [7, 11) is 0. The smallest absolute Gasteiger partial charge is 0.328 e. The molecule has 1 N–H and O–H groups in total. The molecule has 0 amide bonds. The minimum atomic E-state index is -0.908. The Labute approximate surface area is 127 Å². The molecule has 0 bridgehead atoms. The quantitative estimate of drug-likeness (QED) is 0.847. The van der Waals surface area contributed by atoms with E-state index in [9.17, 15) is 4.79 Å². The van der Waals surface area contributed by atoms with E-state index in [2.05, 4.69) is 30.9 Å². The van der Waals surface area contributed by atoms with Crippen molar-refractivity contribution in [3.8, 4) is 0 Å². The minimum absolute atomic E-state index is 0.869. The second-order valence-corrected chi connectivity index (χ2v) is 5.91. The van der Waals surface area contributed by atoms with Gasteiger partial charge in [0.1, 0.15) is 0 Å². The third-order valence-corrected chi connectivity index (χ3v) is 4.40. The first-order valence-electron chi connectivity index (χ1n) is 7.86. The Morgan fingerprint density at radius 2 is 2.19 bits per heavy atom. The molecule has 1 aliphatic rings. The Morgan fingerprint density at radius 3 is 2.86 bits per heavy atom. The lowest BCUT2D eigenvalue weighted by molar-refractivity contribution is -0.131. The molecule has 0 aliphatic carbocycles. The summed E-state index contributed by atoms with van der Waals surface area (Å²) in [5.74, 6) is -0.0389. The lowest BCUT2D eigenvalue weighted by Crippen LogP contribution is -2.25. The van der Waals surface area contributed by atoms with Crippen molar-refractivity contribution in [3.05, 3.63) is 35.4 Å². The predicted molar refractivity (Wildman–Crippen MR) is 87.7 cm³/mol. The molecule has 1 aromatic carbocycles. The highest BCUT2D eigenvalue weighted by molar-refractivity contribution is 5.85. The van der Waals surface area contributed by atoms with E-state index in [1.54, 1.807) is 6.08 Å². The van der Waals surface area contributed by atoms with Gasteiger partial charge in [0.25, 0.3) is 0 Å². The summed E-state index contributed by atoms with van der Waals surface area (Å²) in [4.78, 5) is 13.1. The molecule has 1 saturated heterocycles. The van der Waals surface area contributed by atoms with Gasteiger partial charge in [0.2, 0.25) is 0 Å². The molecule has 1 aromatic rings. The Kier molecular flexibility index (Phi) is 5.43. The van der Waals surface area contributed by atoms with Gasteiger partial charge in [-0.05, 0) is 61.4 Å². The van der Waals surface area contributed by atoms with E-state index in [-0.39, 0.29) is 0 Å². The van der Waals surface area contributed by atoms with Crippen molar-refractivity contribution in [2.45, 2.75) is 39.5 Å². The fourth-order valence-corrected chi connectivity index (χ4v) is 3.12. The summed E-state index contributed by atoms with van der Waals surface area (Å²) in [5, 5.41) is 8.69. The van der Waals surface area contributed by atoms with Crippen LogP contribution in [0.15, 0.2) is 24.3 Å². The van der Waals surface area contributed by atoms with Crippen molar-refractivity contribution in [3.63, 3.8) is 0 Å². The number of aliphatic carboxylic acids is 1. The molecule has 1 aliphatic heterocycles. The number of benzene rings is 1. The van der Waals surface area contributed by atoms with E-state index in [0.29, 0.717) is 0 Å². The highest BCUT2D eigenvalue weighted by Crippen LogP contribution is 2.27. The molecule has 0 saturated carbocycles. The molecule has 1 unspecified atom stereocenters. The molecule has 114 valence electrons. The van der Waals surface area contributed by atoms with E-state index < -0.39 is 5.97 Å². The summed E-state index contributed by atoms with van der Waals surface area (Å²) in [6.07, 6.45) is 7.99. The number of anilines is 1. The van der Waals surface area contributed by atoms with Crippen LogP contribution in [0.2, 0.25) is 0 Å². The monoisotopic (exact) mass is 287 g/mol. The highest BCUT2D eigenvalue weighted by atomic mass is 16.4. The number of carboxylic acid groups (broad SMARTS) is 1. The fraction of sp³-hybridized carbons (Fsp3) is 0.500. The predicted octanol–water partition coefficient (Wildman–Crippen LogP) is 4.11. The Morgan fingerprint density at radius 1 is 1.38 bits per heavy atom. The molecule has 0 spiro atoms. The Bertz CT molecular complexity index is 522. The molecule has 0 radical (unpaired) electrons. The van der Waals surface area contributed by atoms with Crippen LogP contribution in [0.4, 0.5) is 5.69 Å². The van der Waals surface area contributed by atoms with E-state index >= 15 is 0 Å². The second-order valence-electron chi connectivity index (χ2n) is 5.91. The summed E-state index contributed by atoms with van der Waals surface area (Å²) in [5.41, 5.74) is 3.46. The van der Waals surface area contributed by atoms with E-state index in [1.807, 2.05) is 6.07 Å². The van der Waals surface area contributed by atoms with Gasteiger partial charge in [0.15, 0.2) is 0 Å². The van der Waals surface area contributed by atoms with Crippen molar-refractivity contribution in [1.29, 1.82) is 0 Å². The summed E-state index contributed by atoms with van der Waals surface area (Å²) < 4.78 is 0. The first kappa shape index (κ1) is 15.6. The molecule has 0 aromatic heterocycles. The zero-order chi connectivity index (χ0) is 15.2. The molecule has 1 heterocycles. The molecule has 21 heavy (non-hydrogen) atoms. The van der Waals surface area contributed by atoms with Crippen molar-refractivity contribution >= 4 is 17.7 Å². The van der Waals surface area contributed by atoms with E-state index in [4.69, 9.17) is 5.11 Å². The van der Waals surface area contributed by atoms with Gasteiger partial charge in [-0.1, -0.05) is 19.4 Å². The van der Waals surface area contributed by atoms with Gasteiger partial charge in [-0.25, -0.2) is 4.79 Å². The highest BCUT2D eigenvalue weighted by Gasteiger charge is 2.17. The van der Waals surface area contributed by atoms with Gasteiger partial charge in [-0.15, -0.1) is 0 Å². The fourth-order valence-electron chi connectivity index (χ4n) is 3.12. The van der Waals surface area contributed by atoms with Gasteiger partial charge in [-0.3, -0.25) is 0 Å². The molecule has 1 fully saturated rings. The SMILES string of the molecule is CCC1CCCN(c2ccc(C=CC(=O)O)cc2C)CC1. The van der Waals surface area contributed by atoms with Crippen LogP contribution in [-0.4, -0.2) is 24.2 Å². The van der Waals surface area contributed by atoms with Crippen LogP contribution in [0.1, 0.15) is 43.7 Å². The van der Waals surface area contributed by atoms with Crippen LogP contribution in [-0.2, 0) is 4.79 Å². The van der Waals surface area contributed by atoms with Crippen molar-refractivity contribution in [2.75, 3.05) is 18.0 Å². The second kappa shape index (κ2) is 7.30. The zero-order valence-electron chi connectivity index (χ0n) is 13.0. The molecule has 2 rings (SSSR count). The Balaban J connectivity index is 2.11. The van der Waals surface area contributed by atoms with Gasteiger partial charge < -0.3 is 10.0 Å². The third-order valence-electron chi connectivity index (χ3n) is 4.40. The molecular formula is C18H25NO2. The molecule has 3 nitrogen and oxygen atoms in total. The largest absolute Gasteiger partial charge is 0.478 e. The van der Waals surface area contributed by atoms with Crippen molar-refractivity contribution in [2.24, 2.45) is 5.92 Å². The number of carbonyl (C=O) groups is 1. The average molecular weight is 287 g/mol. The maximum atomic E-state index is 10.6. The van der Waals surface area contributed by atoms with Crippen molar-refractivity contribution in [1.82, 2.24) is 0 Å². The lowest BCUT2D eigenvalue weighted by Gasteiger charge is -2.25.